The largest absolute Gasteiger partial charge is 0.497 e. The number of amides is 1. The second-order valence-electron chi connectivity index (χ2n) is 5.92. The van der Waals surface area contributed by atoms with Gasteiger partial charge in [0.2, 0.25) is 0 Å². The summed E-state index contributed by atoms with van der Waals surface area (Å²) in [5.74, 6) is -0.246. The molecule has 1 amide bonds. The van der Waals surface area contributed by atoms with Crippen LogP contribution in [0.4, 0.5) is 0 Å². The van der Waals surface area contributed by atoms with Gasteiger partial charge in [0.05, 0.1) is 13.3 Å². The lowest BCUT2D eigenvalue weighted by atomic mass is 10.1. The number of sulfone groups is 1. The van der Waals surface area contributed by atoms with E-state index in [0.29, 0.717) is 0 Å². The molecule has 2 N–H and O–H groups in total. The van der Waals surface area contributed by atoms with Crippen molar-refractivity contribution in [1.82, 2.24) is 15.3 Å². The molecule has 2 aromatic rings. The van der Waals surface area contributed by atoms with Crippen LogP contribution in [-0.2, 0) is 21.2 Å². The third kappa shape index (κ3) is 3.99. The zero-order valence-electron chi connectivity index (χ0n) is 14.3. The van der Waals surface area contributed by atoms with Crippen molar-refractivity contribution in [3.8, 4) is 16.9 Å². The quantitative estimate of drug-likeness (QED) is 0.563. The summed E-state index contributed by atoms with van der Waals surface area (Å²) in [5, 5.41) is 13.0. The van der Waals surface area contributed by atoms with E-state index < -0.39 is 20.5 Å². The maximum absolute atomic E-state index is 12.0. The van der Waals surface area contributed by atoms with E-state index in [-0.39, 0.29) is 13.0 Å². The number of aromatic nitrogens is 2. The number of aryl methyl sites for hydroxylation is 1. The number of nitrogens with zero attached hydrogens (tertiary/aromatic N) is 2. The van der Waals surface area contributed by atoms with Gasteiger partial charge in [0.15, 0.2) is 14.6 Å². The lowest BCUT2D eigenvalue weighted by molar-refractivity contribution is -0.131. The number of ether oxygens (including phenoxy) is 1. The Morgan fingerprint density at radius 1 is 1.40 bits per heavy atom. The molecule has 0 aliphatic rings. The van der Waals surface area contributed by atoms with Crippen molar-refractivity contribution in [2.45, 2.75) is 24.6 Å². The predicted molar refractivity (Wildman–Crippen MR) is 92.0 cm³/mol. The molecule has 136 valence electrons. The maximum atomic E-state index is 12.0. The Hall–Kier alpha value is -2.39. The van der Waals surface area contributed by atoms with Crippen LogP contribution in [0.3, 0.4) is 0 Å². The van der Waals surface area contributed by atoms with Crippen LogP contribution in [0.5, 0.6) is 5.75 Å². The Labute approximate surface area is 146 Å². The van der Waals surface area contributed by atoms with Crippen LogP contribution in [0.25, 0.3) is 11.1 Å². The number of nitrogens with one attached hydrogen (secondary N) is 1. The van der Waals surface area contributed by atoms with E-state index in [1.165, 1.54) is 12.4 Å². The fraction of sp³-hybridized carbons (Fsp3) is 0.375. The highest BCUT2D eigenvalue weighted by Crippen LogP contribution is 2.25. The molecule has 1 aromatic carbocycles. The molecule has 9 heteroatoms. The molecule has 8 nitrogen and oxygen atoms in total. The highest BCUT2D eigenvalue weighted by atomic mass is 32.2. The van der Waals surface area contributed by atoms with Crippen molar-refractivity contribution in [2.75, 3.05) is 13.4 Å². The van der Waals surface area contributed by atoms with Gasteiger partial charge in [0.1, 0.15) is 5.75 Å². The van der Waals surface area contributed by atoms with Gasteiger partial charge in [-0.3, -0.25) is 14.7 Å². The molecule has 0 spiro atoms. The van der Waals surface area contributed by atoms with Gasteiger partial charge < -0.3 is 4.74 Å². The molecule has 0 aliphatic carbocycles. The van der Waals surface area contributed by atoms with Crippen molar-refractivity contribution in [2.24, 2.45) is 0 Å². The van der Waals surface area contributed by atoms with Crippen molar-refractivity contribution < 1.29 is 23.2 Å². The van der Waals surface area contributed by atoms with Gasteiger partial charge in [0.25, 0.3) is 5.91 Å². The van der Waals surface area contributed by atoms with Crippen molar-refractivity contribution >= 4 is 15.7 Å². The van der Waals surface area contributed by atoms with E-state index >= 15 is 0 Å². The third-order valence-corrected chi connectivity index (χ3v) is 6.28. The minimum Gasteiger partial charge on any atom is -0.497 e. The summed E-state index contributed by atoms with van der Waals surface area (Å²) in [7, 11) is -2.15. The average Bonchev–Trinajstić information content (AvgIpc) is 3.07. The summed E-state index contributed by atoms with van der Waals surface area (Å²) in [6, 6.07) is 7.46. The number of carbonyl (C=O) groups excluding carboxylic acids is 1. The molecular weight excluding hydrogens is 346 g/mol. The summed E-state index contributed by atoms with van der Waals surface area (Å²) in [6.45, 7) is 1.47. The first-order valence-corrected chi connectivity index (χ1v) is 9.41. The normalized spacial score (nSPS) is 13.9. The summed E-state index contributed by atoms with van der Waals surface area (Å²) in [6.07, 6.45) is 4.34. The number of hydrogen-bond acceptors (Lipinski definition) is 6. The second kappa shape index (κ2) is 7.24. The van der Waals surface area contributed by atoms with E-state index in [9.17, 15) is 13.2 Å². The van der Waals surface area contributed by atoms with Gasteiger partial charge in [-0.05, 0) is 31.0 Å². The van der Waals surface area contributed by atoms with E-state index in [4.69, 9.17) is 9.94 Å². The number of hydroxylamine groups is 1. The Balaban J connectivity index is 2.19. The summed E-state index contributed by atoms with van der Waals surface area (Å²) >= 11 is 0. The molecule has 1 atom stereocenters. The third-order valence-electron chi connectivity index (χ3n) is 4.25. The van der Waals surface area contributed by atoms with Crippen molar-refractivity contribution in [3.63, 3.8) is 0 Å². The Bertz CT molecular complexity index is 862. The fourth-order valence-electron chi connectivity index (χ4n) is 2.35. The summed E-state index contributed by atoms with van der Waals surface area (Å²) in [4.78, 5) is 11.8. The SMILES string of the molecule is COc1cccc(-c2cnn(CCC(C)(C(=O)NO)S(C)(=O)=O)c2)c1. The first kappa shape index (κ1) is 18.9. The van der Waals surface area contributed by atoms with Gasteiger partial charge in [-0.1, -0.05) is 12.1 Å². The highest BCUT2D eigenvalue weighted by molar-refractivity contribution is 7.92. The van der Waals surface area contributed by atoms with Gasteiger partial charge in [-0.2, -0.15) is 5.10 Å². The molecule has 0 fully saturated rings. The fourth-order valence-corrected chi connectivity index (χ4v) is 3.20. The molecule has 1 aromatic heterocycles. The van der Waals surface area contributed by atoms with E-state index in [1.54, 1.807) is 24.2 Å². The number of benzene rings is 1. The summed E-state index contributed by atoms with van der Waals surface area (Å²) < 4.78 is 28.9. The lowest BCUT2D eigenvalue weighted by Gasteiger charge is -2.24. The Kier molecular flexibility index (Phi) is 5.48. The van der Waals surface area contributed by atoms with Gasteiger partial charge in [0, 0.05) is 24.6 Å². The van der Waals surface area contributed by atoms with Crippen molar-refractivity contribution in [3.05, 3.63) is 36.7 Å². The molecule has 0 bridgehead atoms. The molecule has 0 aliphatic heterocycles. The molecule has 25 heavy (non-hydrogen) atoms. The zero-order valence-corrected chi connectivity index (χ0v) is 15.1. The minimum atomic E-state index is -3.73. The van der Waals surface area contributed by atoms with Crippen LogP contribution in [0.15, 0.2) is 36.7 Å². The van der Waals surface area contributed by atoms with Crippen LogP contribution in [0, 0.1) is 0 Å². The smallest absolute Gasteiger partial charge is 0.264 e. The van der Waals surface area contributed by atoms with Crippen LogP contribution in [-0.4, -0.2) is 47.4 Å². The Morgan fingerprint density at radius 3 is 2.72 bits per heavy atom. The monoisotopic (exact) mass is 367 g/mol. The molecule has 0 saturated heterocycles. The number of carbonyl (C=O) groups is 1. The zero-order chi connectivity index (χ0) is 18.7. The number of hydrogen-bond donors (Lipinski definition) is 2. The predicted octanol–water partition coefficient (Wildman–Crippen LogP) is 1.26. The first-order valence-electron chi connectivity index (χ1n) is 7.52. The molecule has 0 radical (unpaired) electrons. The van der Waals surface area contributed by atoms with Gasteiger partial charge in [-0.15, -0.1) is 0 Å². The van der Waals surface area contributed by atoms with Crippen LogP contribution >= 0.6 is 0 Å². The maximum Gasteiger partial charge on any atom is 0.264 e. The molecule has 2 rings (SSSR count). The lowest BCUT2D eigenvalue weighted by Crippen LogP contribution is -2.49. The van der Waals surface area contributed by atoms with E-state index in [1.807, 2.05) is 24.3 Å². The minimum absolute atomic E-state index is 0.0303. The Morgan fingerprint density at radius 2 is 2.12 bits per heavy atom. The van der Waals surface area contributed by atoms with Crippen molar-refractivity contribution in [1.29, 1.82) is 0 Å². The first-order chi connectivity index (χ1) is 11.7. The van der Waals surface area contributed by atoms with E-state index in [0.717, 1.165) is 23.1 Å². The standard InChI is InChI=1S/C16H21N3O5S/c1-16(15(20)18-21,25(3,22)23)7-8-19-11-13(10-17-19)12-5-4-6-14(9-12)24-2/h4-6,9-11,21H,7-8H2,1-3H3,(H,18,20). The highest BCUT2D eigenvalue weighted by Gasteiger charge is 2.43. The second-order valence-corrected chi connectivity index (χ2v) is 8.36. The van der Waals surface area contributed by atoms with Crippen LogP contribution in [0.1, 0.15) is 13.3 Å². The molecule has 0 saturated carbocycles. The van der Waals surface area contributed by atoms with E-state index in [2.05, 4.69) is 5.10 Å². The molecule has 1 heterocycles. The topological polar surface area (TPSA) is 111 Å². The van der Waals surface area contributed by atoms with Gasteiger partial charge >= 0.3 is 0 Å². The average molecular weight is 367 g/mol. The van der Waals surface area contributed by atoms with Crippen LogP contribution < -0.4 is 10.2 Å². The molecule has 1 unspecified atom stereocenters. The number of methoxy groups -OCH3 is 1. The van der Waals surface area contributed by atoms with Crippen LogP contribution in [0.2, 0.25) is 0 Å². The van der Waals surface area contributed by atoms with Gasteiger partial charge in [-0.25, -0.2) is 13.9 Å². The number of rotatable bonds is 7. The molecular formula is C16H21N3O5S. The summed E-state index contributed by atoms with van der Waals surface area (Å²) in [5.41, 5.74) is 3.18.